The van der Waals surface area contributed by atoms with Gasteiger partial charge in [-0.3, -0.25) is 4.79 Å². The number of anilines is 1. The van der Waals surface area contributed by atoms with E-state index in [1.54, 1.807) is 36.4 Å². The molecule has 27 heavy (non-hydrogen) atoms. The highest BCUT2D eigenvalue weighted by Gasteiger charge is 2.23. The van der Waals surface area contributed by atoms with E-state index in [0.29, 0.717) is 11.3 Å². The van der Waals surface area contributed by atoms with E-state index in [9.17, 15) is 14.0 Å². The van der Waals surface area contributed by atoms with Crippen LogP contribution in [0.25, 0.3) is 0 Å². The number of nitrogens with one attached hydrogen (secondary N) is 2. The molecular weight excluding hydrogens is 345 g/mol. The predicted molar refractivity (Wildman–Crippen MR) is 103 cm³/mol. The summed E-state index contributed by atoms with van der Waals surface area (Å²) in [5.74, 6) is -0.288. The summed E-state index contributed by atoms with van der Waals surface area (Å²) in [4.78, 5) is 26.5. The Labute approximate surface area is 158 Å². The average Bonchev–Trinajstić information content (AvgIpc) is 3.16. The number of benzene rings is 2. The number of rotatable bonds is 4. The molecule has 3 amide bonds. The van der Waals surface area contributed by atoms with E-state index in [1.807, 2.05) is 18.7 Å². The number of likely N-dealkylation sites (tertiary alicyclic amines) is 1. The van der Waals surface area contributed by atoms with Gasteiger partial charge in [0.1, 0.15) is 5.82 Å². The molecule has 0 aromatic heterocycles. The maximum absolute atomic E-state index is 13.1. The van der Waals surface area contributed by atoms with Crippen molar-refractivity contribution < 1.29 is 14.0 Å². The third-order valence-corrected chi connectivity index (χ3v) is 4.77. The molecular formula is C21H24FN3O2. The molecule has 0 unspecified atom stereocenters. The van der Waals surface area contributed by atoms with E-state index in [-0.39, 0.29) is 17.8 Å². The van der Waals surface area contributed by atoms with Gasteiger partial charge in [0.15, 0.2) is 0 Å². The molecule has 0 radical (unpaired) electrons. The Morgan fingerprint density at radius 1 is 0.963 bits per heavy atom. The minimum absolute atomic E-state index is 0.0287. The van der Waals surface area contributed by atoms with Crippen LogP contribution in [0.15, 0.2) is 48.5 Å². The van der Waals surface area contributed by atoms with Crippen molar-refractivity contribution in [1.82, 2.24) is 10.2 Å². The Kier molecular flexibility index (Phi) is 5.44. The lowest BCUT2D eigenvalue weighted by Crippen LogP contribution is -2.43. The Morgan fingerprint density at radius 3 is 2.15 bits per heavy atom. The number of nitrogens with zero attached hydrogens (tertiary/aromatic N) is 1. The summed E-state index contributed by atoms with van der Waals surface area (Å²) >= 11 is 0. The van der Waals surface area contributed by atoms with Gasteiger partial charge in [0.05, 0.1) is 5.54 Å². The van der Waals surface area contributed by atoms with Gasteiger partial charge in [-0.15, -0.1) is 0 Å². The minimum Gasteiger partial charge on any atom is -0.339 e. The second kappa shape index (κ2) is 7.78. The van der Waals surface area contributed by atoms with Crippen LogP contribution >= 0.6 is 0 Å². The molecule has 0 aliphatic carbocycles. The van der Waals surface area contributed by atoms with E-state index in [0.717, 1.165) is 31.5 Å². The van der Waals surface area contributed by atoms with Crippen molar-refractivity contribution in [3.8, 4) is 0 Å². The smallest absolute Gasteiger partial charge is 0.319 e. The first-order valence-corrected chi connectivity index (χ1v) is 9.10. The number of hydrogen-bond acceptors (Lipinski definition) is 2. The lowest BCUT2D eigenvalue weighted by atomic mass is 9.94. The molecule has 1 aliphatic rings. The second-order valence-electron chi connectivity index (χ2n) is 7.29. The summed E-state index contributed by atoms with van der Waals surface area (Å²) in [6, 6.07) is 12.5. The second-order valence-corrected chi connectivity index (χ2v) is 7.29. The number of carbonyl (C=O) groups is 2. The van der Waals surface area contributed by atoms with Crippen molar-refractivity contribution in [3.05, 3.63) is 65.5 Å². The first kappa shape index (κ1) is 18.9. The highest BCUT2D eigenvalue weighted by atomic mass is 19.1. The van der Waals surface area contributed by atoms with Crippen molar-refractivity contribution in [1.29, 1.82) is 0 Å². The SMILES string of the molecule is CC(C)(NC(=O)Nc1ccc(C(=O)N2CCCC2)cc1)c1ccc(F)cc1. The van der Waals surface area contributed by atoms with Crippen molar-refractivity contribution in [2.24, 2.45) is 0 Å². The van der Waals surface area contributed by atoms with Crippen LogP contribution in [-0.4, -0.2) is 29.9 Å². The molecule has 1 heterocycles. The molecule has 1 saturated heterocycles. The summed E-state index contributed by atoms with van der Waals surface area (Å²) in [7, 11) is 0. The molecule has 6 heteroatoms. The number of halogens is 1. The van der Waals surface area contributed by atoms with Crippen molar-refractivity contribution >= 4 is 17.6 Å². The number of urea groups is 1. The molecule has 2 N–H and O–H groups in total. The van der Waals surface area contributed by atoms with Crippen LogP contribution in [0.2, 0.25) is 0 Å². The zero-order valence-corrected chi connectivity index (χ0v) is 15.6. The molecule has 2 aromatic carbocycles. The zero-order chi connectivity index (χ0) is 19.4. The zero-order valence-electron chi connectivity index (χ0n) is 15.6. The first-order chi connectivity index (χ1) is 12.8. The maximum atomic E-state index is 13.1. The summed E-state index contributed by atoms with van der Waals surface area (Å²) in [6.07, 6.45) is 2.10. The Bertz CT molecular complexity index is 810. The standard InChI is InChI=1S/C21H24FN3O2/c1-21(2,16-7-9-17(22)10-8-16)24-20(27)23-18-11-5-15(6-12-18)19(26)25-13-3-4-14-25/h5-12H,3-4,13-14H2,1-2H3,(H2,23,24,27). The van der Waals surface area contributed by atoms with Gasteiger partial charge < -0.3 is 15.5 Å². The van der Waals surface area contributed by atoms with Crippen LogP contribution in [0.3, 0.4) is 0 Å². The molecule has 3 rings (SSSR count). The molecule has 0 saturated carbocycles. The van der Waals surface area contributed by atoms with Crippen LogP contribution in [0, 0.1) is 5.82 Å². The molecule has 2 aromatic rings. The van der Waals surface area contributed by atoms with Gasteiger partial charge in [0, 0.05) is 24.3 Å². The maximum Gasteiger partial charge on any atom is 0.319 e. The van der Waals surface area contributed by atoms with Gasteiger partial charge >= 0.3 is 6.03 Å². The number of carbonyl (C=O) groups excluding carboxylic acids is 2. The van der Waals surface area contributed by atoms with E-state index < -0.39 is 5.54 Å². The fourth-order valence-electron chi connectivity index (χ4n) is 3.18. The Morgan fingerprint density at radius 2 is 1.56 bits per heavy atom. The topological polar surface area (TPSA) is 61.4 Å². The highest BCUT2D eigenvalue weighted by Crippen LogP contribution is 2.21. The number of amides is 3. The monoisotopic (exact) mass is 369 g/mol. The van der Waals surface area contributed by atoms with E-state index in [2.05, 4.69) is 10.6 Å². The quantitative estimate of drug-likeness (QED) is 0.852. The third-order valence-electron chi connectivity index (χ3n) is 4.77. The van der Waals surface area contributed by atoms with Gasteiger partial charge in [0.25, 0.3) is 5.91 Å². The number of hydrogen-bond donors (Lipinski definition) is 2. The molecule has 1 fully saturated rings. The minimum atomic E-state index is -0.663. The fourth-order valence-corrected chi connectivity index (χ4v) is 3.18. The first-order valence-electron chi connectivity index (χ1n) is 9.10. The molecule has 0 atom stereocenters. The Hall–Kier alpha value is -2.89. The summed E-state index contributed by atoms with van der Waals surface area (Å²) in [5, 5.41) is 5.64. The molecule has 0 spiro atoms. The highest BCUT2D eigenvalue weighted by molar-refractivity contribution is 5.95. The average molecular weight is 369 g/mol. The van der Waals surface area contributed by atoms with Crippen LogP contribution in [0.4, 0.5) is 14.9 Å². The van der Waals surface area contributed by atoms with Crippen molar-refractivity contribution in [2.45, 2.75) is 32.2 Å². The van der Waals surface area contributed by atoms with Gasteiger partial charge in [-0.25, -0.2) is 9.18 Å². The van der Waals surface area contributed by atoms with E-state index in [1.165, 1.54) is 12.1 Å². The largest absolute Gasteiger partial charge is 0.339 e. The lowest BCUT2D eigenvalue weighted by molar-refractivity contribution is 0.0793. The lowest BCUT2D eigenvalue weighted by Gasteiger charge is -2.27. The predicted octanol–water partition coefficient (Wildman–Crippen LogP) is 4.12. The molecule has 0 bridgehead atoms. The normalized spacial score (nSPS) is 14.1. The van der Waals surface area contributed by atoms with Gasteiger partial charge in [0.2, 0.25) is 0 Å². The van der Waals surface area contributed by atoms with Crippen LogP contribution in [0.1, 0.15) is 42.6 Å². The van der Waals surface area contributed by atoms with Gasteiger partial charge in [-0.1, -0.05) is 12.1 Å². The third kappa shape index (κ3) is 4.64. The van der Waals surface area contributed by atoms with Gasteiger partial charge in [-0.2, -0.15) is 0 Å². The summed E-state index contributed by atoms with van der Waals surface area (Å²) < 4.78 is 13.1. The van der Waals surface area contributed by atoms with Crippen LogP contribution in [0.5, 0.6) is 0 Å². The van der Waals surface area contributed by atoms with Crippen molar-refractivity contribution in [2.75, 3.05) is 18.4 Å². The summed E-state index contributed by atoms with van der Waals surface area (Å²) in [6.45, 7) is 5.30. The molecule has 142 valence electrons. The fraction of sp³-hybridized carbons (Fsp3) is 0.333. The molecule has 1 aliphatic heterocycles. The van der Waals surface area contributed by atoms with E-state index in [4.69, 9.17) is 0 Å². The van der Waals surface area contributed by atoms with Crippen molar-refractivity contribution in [3.63, 3.8) is 0 Å². The van der Waals surface area contributed by atoms with Crippen LogP contribution in [-0.2, 0) is 5.54 Å². The van der Waals surface area contributed by atoms with Gasteiger partial charge in [-0.05, 0) is 68.7 Å². The summed E-state index contributed by atoms with van der Waals surface area (Å²) in [5.41, 5.74) is 1.35. The Balaban J connectivity index is 1.60. The molecule has 5 nitrogen and oxygen atoms in total. The van der Waals surface area contributed by atoms with E-state index >= 15 is 0 Å². The van der Waals surface area contributed by atoms with Crippen LogP contribution < -0.4 is 10.6 Å².